The fourth-order valence-electron chi connectivity index (χ4n) is 1.26. The van der Waals surface area contributed by atoms with Gasteiger partial charge in [0.25, 0.3) is 0 Å². The zero-order valence-electron chi connectivity index (χ0n) is 12.4. The van der Waals surface area contributed by atoms with E-state index in [1.54, 1.807) is 0 Å². The van der Waals surface area contributed by atoms with Crippen molar-refractivity contribution in [3.05, 3.63) is 0 Å². The molecular weight excluding hydrogens is 324 g/mol. The molecule has 8 nitrogen and oxygen atoms in total. The van der Waals surface area contributed by atoms with Gasteiger partial charge in [-0.2, -0.15) is 0 Å². The third-order valence-electron chi connectivity index (χ3n) is 2.72. The van der Waals surface area contributed by atoms with Crippen molar-refractivity contribution in [3.8, 4) is 0 Å². The lowest BCUT2D eigenvalue weighted by Gasteiger charge is -2.23. The van der Waals surface area contributed by atoms with E-state index in [1.165, 1.54) is 13.8 Å². The van der Waals surface area contributed by atoms with Crippen molar-refractivity contribution >= 4 is 31.6 Å². The first-order valence-corrected chi connectivity index (χ1v) is 9.47. The Balaban J connectivity index is 5.34. The first-order chi connectivity index (χ1) is 9.41. The molecule has 0 aromatic rings. The van der Waals surface area contributed by atoms with Crippen LogP contribution in [0.15, 0.2) is 0 Å². The molecule has 0 bridgehead atoms. The highest BCUT2D eigenvalue weighted by atomic mass is 32.3. The monoisotopic (exact) mass is 344 g/mol. The van der Waals surface area contributed by atoms with Gasteiger partial charge in [-0.3, -0.25) is 9.59 Å². The predicted octanol–water partition coefficient (Wildman–Crippen LogP) is -0.322. The Morgan fingerprint density at radius 3 is 1.33 bits per heavy atom. The highest BCUT2D eigenvalue weighted by Crippen LogP contribution is 2.26. The first-order valence-electron chi connectivity index (χ1n) is 6.17. The van der Waals surface area contributed by atoms with Crippen LogP contribution < -0.4 is 0 Å². The van der Waals surface area contributed by atoms with Crippen LogP contribution in [0.4, 0.5) is 0 Å². The number of rotatable bonds is 8. The van der Waals surface area contributed by atoms with E-state index in [0.29, 0.717) is 0 Å². The van der Waals surface area contributed by atoms with Crippen molar-refractivity contribution in [2.24, 2.45) is 0 Å². The van der Waals surface area contributed by atoms with E-state index in [0.717, 1.165) is 13.8 Å². The fraction of sp³-hybridized carbons (Fsp3) is 0.818. The highest BCUT2D eigenvalue weighted by molar-refractivity contribution is 8.10. The van der Waals surface area contributed by atoms with Gasteiger partial charge < -0.3 is 9.47 Å². The molecule has 0 aromatic heterocycles. The van der Waals surface area contributed by atoms with Crippen molar-refractivity contribution in [1.29, 1.82) is 0 Å². The summed E-state index contributed by atoms with van der Waals surface area (Å²) >= 11 is 0. The number of esters is 2. The minimum Gasteiger partial charge on any atom is -0.465 e. The summed E-state index contributed by atoms with van der Waals surface area (Å²) in [6.07, 6.45) is 0. The average Bonchev–Trinajstić information content (AvgIpc) is 2.27. The zero-order chi connectivity index (χ0) is 16.9. The molecule has 0 fully saturated rings. The molecule has 0 amide bonds. The topological polar surface area (TPSA) is 121 Å². The fourth-order valence-corrected chi connectivity index (χ4v) is 4.64. The molecule has 10 heteroatoms. The van der Waals surface area contributed by atoms with Crippen LogP contribution in [0, 0.1) is 0 Å². The van der Waals surface area contributed by atoms with Crippen LogP contribution in [0.25, 0.3) is 0 Å². The van der Waals surface area contributed by atoms with Gasteiger partial charge in [-0.1, -0.05) is 0 Å². The Morgan fingerprint density at radius 1 is 0.810 bits per heavy atom. The number of ether oxygens (including phenoxy) is 2. The van der Waals surface area contributed by atoms with E-state index in [-0.39, 0.29) is 13.2 Å². The second-order valence-corrected chi connectivity index (χ2v) is 9.86. The summed E-state index contributed by atoms with van der Waals surface area (Å²) in [5.41, 5.74) is 0. The molecule has 0 aliphatic carbocycles. The molecule has 21 heavy (non-hydrogen) atoms. The summed E-state index contributed by atoms with van der Waals surface area (Å²) in [4.78, 5) is 22.5. The molecule has 0 atom stereocenters. The van der Waals surface area contributed by atoms with Crippen molar-refractivity contribution in [1.82, 2.24) is 0 Å². The average molecular weight is 344 g/mol. The zero-order valence-corrected chi connectivity index (χ0v) is 14.0. The maximum absolute atomic E-state index is 12.1. The van der Waals surface area contributed by atoms with Gasteiger partial charge in [-0.25, -0.2) is 16.8 Å². The summed E-state index contributed by atoms with van der Waals surface area (Å²) in [7, 11) is -8.74. The maximum Gasteiger partial charge on any atom is 0.321 e. The van der Waals surface area contributed by atoms with Gasteiger partial charge in [-0.05, 0) is 27.7 Å². The van der Waals surface area contributed by atoms with Gasteiger partial charge in [0.1, 0.15) is 11.5 Å². The molecule has 0 rings (SSSR count). The summed E-state index contributed by atoms with van der Waals surface area (Å²) in [6, 6.07) is 0. The molecule has 0 heterocycles. The molecular formula is C11H20O8S2. The minimum atomic E-state index is -4.37. The number of carbonyl (C=O) groups excluding carboxylic acids is 2. The Bertz CT molecular complexity index is 534. The van der Waals surface area contributed by atoms with E-state index in [4.69, 9.17) is 0 Å². The van der Waals surface area contributed by atoms with Crippen LogP contribution in [0.2, 0.25) is 0 Å². The van der Waals surface area contributed by atoms with Gasteiger partial charge in [0.2, 0.25) is 0 Å². The number of hydrogen-bond donors (Lipinski definition) is 0. The quantitative estimate of drug-likeness (QED) is 0.549. The van der Waals surface area contributed by atoms with Crippen LogP contribution in [-0.2, 0) is 38.7 Å². The molecule has 0 aliphatic rings. The Morgan fingerprint density at radius 2 is 1.10 bits per heavy atom. The third kappa shape index (κ3) is 4.95. The standard InChI is InChI=1S/C11H20O8S2/c1-5-18-9(12)7-20(14,15)11(3,4)21(16,17)8-10(13)19-6-2/h5-8H2,1-4H3. The Hall–Kier alpha value is -1.16. The third-order valence-corrected chi connectivity index (χ3v) is 8.48. The molecule has 0 radical (unpaired) electrons. The molecule has 0 saturated heterocycles. The minimum absolute atomic E-state index is 0.0235. The second-order valence-electron chi connectivity index (χ2n) is 4.53. The number of sulfone groups is 2. The van der Waals surface area contributed by atoms with E-state index in [9.17, 15) is 26.4 Å². The van der Waals surface area contributed by atoms with Crippen molar-refractivity contribution in [2.45, 2.75) is 31.8 Å². The Kier molecular flexibility index (Phi) is 6.81. The maximum atomic E-state index is 12.1. The molecule has 0 aromatic carbocycles. The van der Waals surface area contributed by atoms with E-state index < -0.39 is 47.2 Å². The van der Waals surface area contributed by atoms with Crippen LogP contribution in [0.5, 0.6) is 0 Å². The predicted molar refractivity (Wildman–Crippen MR) is 74.9 cm³/mol. The van der Waals surface area contributed by atoms with Crippen LogP contribution in [0.1, 0.15) is 27.7 Å². The van der Waals surface area contributed by atoms with Crippen LogP contribution in [-0.4, -0.2) is 57.6 Å². The van der Waals surface area contributed by atoms with Crippen molar-refractivity contribution < 1.29 is 35.9 Å². The lowest BCUT2D eigenvalue weighted by atomic mass is 10.5. The normalized spacial score (nSPS) is 12.8. The lowest BCUT2D eigenvalue weighted by molar-refractivity contribution is -0.140. The molecule has 0 N–H and O–H groups in total. The van der Waals surface area contributed by atoms with Crippen molar-refractivity contribution in [3.63, 3.8) is 0 Å². The SMILES string of the molecule is CCOC(=O)CS(=O)(=O)C(C)(C)S(=O)(=O)CC(=O)OCC. The van der Waals surface area contributed by atoms with Gasteiger partial charge in [0.15, 0.2) is 23.8 Å². The van der Waals surface area contributed by atoms with Crippen molar-refractivity contribution in [2.75, 3.05) is 24.7 Å². The summed E-state index contributed by atoms with van der Waals surface area (Å²) in [5.74, 6) is -4.24. The summed E-state index contributed by atoms with van der Waals surface area (Å²) in [5, 5.41) is 0. The smallest absolute Gasteiger partial charge is 0.321 e. The largest absolute Gasteiger partial charge is 0.465 e. The molecule has 0 aliphatic heterocycles. The molecule has 0 spiro atoms. The summed E-state index contributed by atoms with van der Waals surface area (Å²) < 4.78 is 55.1. The van der Waals surface area contributed by atoms with Crippen LogP contribution in [0.3, 0.4) is 0 Å². The molecule has 124 valence electrons. The highest BCUT2D eigenvalue weighted by Gasteiger charge is 2.48. The second kappa shape index (κ2) is 7.21. The lowest BCUT2D eigenvalue weighted by Crippen LogP contribution is -2.46. The molecule has 0 saturated carbocycles. The summed E-state index contributed by atoms with van der Waals surface area (Å²) in [6.45, 7) is 4.79. The number of carbonyl (C=O) groups is 2. The van der Waals surface area contributed by atoms with E-state index in [2.05, 4.69) is 9.47 Å². The van der Waals surface area contributed by atoms with Gasteiger partial charge in [0.05, 0.1) is 13.2 Å². The number of hydrogen-bond acceptors (Lipinski definition) is 8. The van der Waals surface area contributed by atoms with Gasteiger partial charge >= 0.3 is 11.9 Å². The van der Waals surface area contributed by atoms with E-state index in [1.807, 2.05) is 0 Å². The van der Waals surface area contributed by atoms with Gasteiger partial charge in [0, 0.05) is 0 Å². The van der Waals surface area contributed by atoms with Crippen LogP contribution >= 0.6 is 0 Å². The molecule has 0 unspecified atom stereocenters. The Labute approximate surface area is 124 Å². The van der Waals surface area contributed by atoms with Gasteiger partial charge in [-0.15, -0.1) is 0 Å². The van der Waals surface area contributed by atoms with E-state index >= 15 is 0 Å². The first kappa shape index (κ1) is 19.8.